The van der Waals surface area contributed by atoms with E-state index in [2.05, 4.69) is 22.1 Å². The number of aromatic nitrogens is 1. The molecule has 0 aromatic carbocycles. The van der Waals surface area contributed by atoms with E-state index < -0.39 is 0 Å². The third-order valence-corrected chi connectivity index (χ3v) is 6.06. The van der Waals surface area contributed by atoms with Gasteiger partial charge in [0.15, 0.2) is 0 Å². The molecule has 2 amide bonds. The van der Waals surface area contributed by atoms with Gasteiger partial charge in [0.1, 0.15) is 5.82 Å². The largest absolute Gasteiger partial charge is 0.353 e. The van der Waals surface area contributed by atoms with Gasteiger partial charge >= 0.3 is 0 Å². The first-order chi connectivity index (χ1) is 13.5. The van der Waals surface area contributed by atoms with Gasteiger partial charge in [-0.15, -0.1) is 11.3 Å². The molecule has 0 saturated carbocycles. The van der Waals surface area contributed by atoms with Gasteiger partial charge in [-0.3, -0.25) is 9.59 Å². The highest BCUT2D eigenvalue weighted by Gasteiger charge is 2.24. The summed E-state index contributed by atoms with van der Waals surface area (Å²) in [6.07, 6.45) is 3.64. The molecule has 1 aliphatic rings. The number of carbonyl (C=O) groups excluding carboxylic acids is 2. The second-order valence-electron chi connectivity index (χ2n) is 7.28. The number of carbonyl (C=O) groups is 2. The number of nitrogens with one attached hydrogen (secondary N) is 1. The van der Waals surface area contributed by atoms with Crippen molar-refractivity contribution in [1.82, 2.24) is 15.2 Å². The van der Waals surface area contributed by atoms with Crippen molar-refractivity contribution >= 4 is 29.0 Å². The maximum Gasteiger partial charge on any atom is 0.264 e. The quantitative estimate of drug-likeness (QED) is 0.808. The summed E-state index contributed by atoms with van der Waals surface area (Å²) in [5, 5.41) is 4.96. The van der Waals surface area contributed by atoms with Gasteiger partial charge in [0.25, 0.3) is 11.8 Å². The molecular formula is C21H28N4O2S. The van der Waals surface area contributed by atoms with Crippen LogP contribution in [0.4, 0.5) is 5.82 Å². The highest BCUT2D eigenvalue weighted by atomic mass is 32.1. The molecule has 3 rings (SSSR count). The Morgan fingerprint density at radius 3 is 2.54 bits per heavy atom. The summed E-state index contributed by atoms with van der Waals surface area (Å²) in [6, 6.07) is 5.86. The van der Waals surface area contributed by atoms with E-state index in [4.69, 9.17) is 0 Å². The third-order valence-electron chi connectivity index (χ3n) is 5.06. The van der Waals surface area contributed by atoms with E-state index in [1.54, 1.807) is 6.20 Å². The van der Waals surface area contributed by atoms with Crippen molar-refractivity contribution in [2.75, 3.05) is 31.1 Å². The molecule has 1 N–H and O–H groups in total. The lowest BCUT2D eigenvalue weighted by atomic mass is 10.2. The predicted octanol–water partition coefficient (Wildman–Crippen LogP) is 3.33. The lowest BCUT2D eigenvalue weighted by molar-refractivity contribution is 0.0750. The Hall–Kier alpha value is -2.41. The normalized spacial score (nSPS) is 15.4. The maximum atomic E-state index is 12.6. The molecule has 0 aliphatic carbocycles. The number of piperazine rings is 1. The average molecular weight is 401 g/mol. The van der Waals surface area contributed by atoms with E-state index in [1.807, 2.05) is 42.3 Å². The second kappa shape index (κ2) is 9.19. The molecule has 2 aromatic heterocycles. The van der Waals surface area contributed by atoms with Crippen molar-refractivity contribution in [3.63, 3.8) is 0 Å². The van der Waals surface area contributed by atoms with Crippen molar-refractivity contribution in [3.8, 4) is 0 Å². The number of rotatable bonds is 6. The summed E-state index contributed by atoms with van der Waals surface area (Å²) in [7, 11) is 0. The summed E-state index contributed by atoms with van der Waals surface area (Å²) < 4.78 is 0. The van der Waals surface area contributed by atoms with E-state index >= 15 is 0 Å². The lowest BCUT2D eigenvalue weighted by Crippen LogP contribution is -2.49. The summed E-state index contributed by atoms with van der Waals surface area (Å²) in [4.78, 5) is 34.3. The molecule has 1 unspecified atom stereocenters. The van der Waals surface area contributed by atoms with Crippen molar-refractivity contribution in [2.45, 2.75) is 39.7 Å². The fraction of sp³-hybridized carbons (Fsp3) is 0.476. The fourth-order valence-electron chi connectivity index (χ4n) is 3.39. The Morgan fingerprint density at radius 1 is 1.21 bits per heavy atom. The van der Waals surface area contributed by atoms with E-state index in [1.165, 1.54) is 11.3 Å². The van der Waals surface area contributed by atoms with Crippen LogP contribution in [0.15, 0.2) is 29.8 Å². The predicted molar refractivity (Wildman–Crippen MR) is 113 cm³/mol. The first kappa shape index (κ1) is 20.3. The first-order valence-electron chi connectivity index (χ1n) is 9.84. The summed E-state index contributed by atoms with van der Waals surface area (Å²) in [6.45, 7) is 8.92. The Bertz CT molecular complexity index is 810. The SMILES string of the molecule is CCCC(C)NC(=O)c1ccc(N2CCN(C(=O)c3sccc3C)CC2)nc1. The van der Waals surface area contributed by atoms with Gasteiger partial charge in [0.2, 0.25) is 0 Å². The third kappa shape index (κ3) is 4.70. The van der Waals surface area contributed by atoms with E-state index in [0.29, 0.717) is 18.7 Å². The zero-order chi connectivity index (χ0) is 20.1. The number of hydrogen-bond donors (Lipinski definition) is 1. The van der Waals surface area contributed by atoms with E-state index in [0.717, 1.165) is 42.2 Å². The zero-order valence-corrected chi connectivity index (χ0v) is 17.6. The van der Waals surface area contributed by atoms with Crippen LogP contribution in [0.3, 0.4) is 0 Å². The van der Waals surface area contributed by atoms with Gasteiger partial charge in [0, 0.05) is 38.4 Å². The number of aryl methyl sites for hydroxylation is 1. The van der Waals surface area contributed by atoms with E-state index in [9.17, 15) is 9.59 Å². The standard InChI is InChI=1S/C21H28N4O2S/c1-4-5-16(3)23-20(26)17-6-7-18(22-14-17)24-9-11-25(12-10-24)21(27)19-15(2)8-13-28-19/h6-8,13-14,16H,4-5,9-12H2,1-3H3,(H,23,26). The second-order valence-corrected chi connectivity index (χ2v) is 8.20. The fourth-order valence-corrected chi connectivity index (χ4v) is 4.29. The minimum Gasteiger partial charge on any atom is -0.353 e. The topological polar surface area (TPSA) is 65.5 Å². The lowest BCUT2D eigenvalue weighted by Gasteiger charge is -2.35. The average Bonchev–Trinajstić information content (AvgIpc) is 3.13. The minimum absolute atomic E-state index is 0.0817. The van der Waals surface area contributed by atoms with Crippen LogP contribution >= 0.6 is 11.3 Å². The molecular weight excluding hydrogens is 372 g/mol. The molecule has 28 heavy (non-hydrogen) atoms. The smallest absolute Gasteiger partial charge is 0.264 e. The molecule has 3 heterocycles. The minimum atomic E-state index is -0.0817. The van der Waals surface area contributed by atoms with Gasteiger partial charge in [-0.25, -0.2) is 4.98 Å². The summed E-state index contributed by atoms with van der Waals surface area (Å²) in [5.41, 5.74) is 1.62. The van der Waals surface area contributed by atoms with Gasteiger partial charge < -0.3 is 15.1 Å². The van der Waals surface area contributed by atoms with Crippen LogP contribution < -0.4 is 10.2 Å². The number of thiophene rings is 1. The molecule has 7 heteroatoms. The van der Waals surface area contributed by atoms with Crippen LogP contribution in [-0.2, 0) is 0 Å². The van der Waals surface area contributed by atoms with Gasteiger partial charge in [0.05, 0.1) is 10.4 Å². The van der Waals surface area contributed by atoms with Crippen LogP contribution in [-0.4, -0.2) is 53.9 Å². The molecule has 0 spiro atoms. The molecule has 150 valence electrons. The number of pyridine rings is 1. The van der Waals surface area contributed by atoms with Crippen LogP contribution in [0.2, 0.25) is 0 Å². The molecule has 2 aromatic rings. The van der Waals surface area contributed by atoms with Crippen molar-refractivity contribution in [1.29, 1.82) is 0 Å². The number of anilines is 1. The Labute approximate surface area is 170 Å². The monoisotopic (exact) mass is 400 g/mol. The van der Waals surface area contributed by atoms with Gasteiger partial charge in [-0.05, 0) is 49.4 Å². The van der Waals surface area contributed by atoms with Crippen LogP contribution in [0, 0.1) is 6.92 Å². The van der Waals surface area contributed by atoms with Crippen molar-refractivity contribution in [2.24, 2.45) is 0 Å². The molecule has 0 bridgehead atoms. The first-order valence-corrected chi connectivity index (χ1v) is 10.7. The zero-order valence-electron chi connectivity index (χ0n) is 16.8. The molecule has 1 atom stereocenters. The van der Waals surface area contributed by atoms with Crippen molar-refractivity contribution in [3.05, 3.63) is 45.8 Å². The number of hydrogen-bond acceptors (Lipinski definition) is 5. The highest BCUT2D eigenvalue weighted by Crippen LogP contribution is 2.20. The van der Waals surface area contributed by atoms with Crippen molar-refractivity contribution < 1.29 is 9.59 Å². The van der Waals surface area contributed by atoms with E-state index in [-0.39, 0.29) is 17.9 Å². The van der Waals surface area contributed by atoms with Crippen LogP contribution in [0.25, 0.3) is 0 Å². The maximum absolute atomic E-state index is 12.6. The molecule has 1 aliphatic heterocycles. The van der Waals surface area contributed by atoms with Gasteiger partial charge in [-0.1, -0.05) is 13.3 Å². The van der Waals surface area contributed by atoms with Crippen LogP contribution in [0.1, 0.15) is 52.3 Å². The van der Waals surface area contributed by atoms with Gasteiger partial charge in [-0.2, -0.15) is 0 Å². The summed E-state index contributed by atoms with van der Waals surface area (Å²) in [5.74, 6) is 0.882. The Balaban J connectivity index is 1.55. The molecule has 6 nitrogen and oxygen atoms in total. The number of amides is 2. The Kier molecular flexibility index (Phi) is 6.67. The van der Waals surface area contributed by atoms with Crippen LogP contribution in [0.5, 0.6) is 0 Å². The Morgan fingerprint density at radius 2 is 1.96 bits per heavy atom. The molecule has 1 saturated heterocycles. The summed E-state index contributed by atoms with van der Waals surface area (Å²) >= 11 is 1.50. The molecule has 0 radical (unpaired) electrons. The number of nitrogens with zero attached hydrogens (tertiary/aromatic N) is 3. The molecule has 1 fully saturated rings. The highest BCUT2D eigenvalue weighted by molar-refractivity contribution is 7.12.